The fraction of sp³-hybridized carbons (Fsp3) is 0.615. The third-order valence-electron chi connectivity index (χ3n) is 4.01. The normalized spacial score (nSPS) is 17.7. The van der Waals surface area contributed by atoms with E-state index in [1.807, 2.05) is 0 Å². The van der Waals surface area contributed by atoms with E-state index in [1.54, 1.807) is 7.05 Å². The molecule has 0 spiro atoms. The van der Waals surface area contributed by atoms with Gasteiger partial charge in [0.2, 0.25) is 10.0 Å². The first-order valence-electron chi connectivity index (χ1n) is 6.98. The van der Waals surface area contributed by atoms with Gasteiger partial charge in [-0.25, -0.2) is 13.1 Å². The van der Waals surface area contributed by atoms with Crippen molar-refractivity contribution in [2.24, 2.45) is 18.5 Å². The van der Waals surface area contributed by atoms with Gasteiger partial charge in [-0.2, -0.15) is 0 Å². The maximum absolute atomic E-state index is 12.3. The van der Waals surface area contributed by atoms with Crippen molar-refractivity contribution in [2.75, 3.05) is 6.54 Å². The number of hydrogen-bond acceptors (Lipinski definition) is 4. The first-order valence-corrected chi connectivity index (χ1v) is 8.47. The SMILES string of the molecule is Cl.Cn1cc(S(=O)(=O)NCC2(N)CCCCC2)cc1C(N)=O. The predicted octanol–water partition coefficient (Wildman–Crippen LogP) is 0.486. The van der Waals surface area contributed by atoms with Crippen molar-refractivity contribution in [1.29, 1.82) is 0 Å². The lowest BCUT2D eigenvalue weighted by atomic mass is 9.83. The van der Waals surface area contributed by atoms with Gasteiger partial charge in [-0.3, -0.25) is 4.79 Å². The molecule has 5 N–H and O–H groups in total. The molecular weight excluding hydrogens is 328 g/mol. The molecule has 126 valence electrons. The first kappa shape index (κ1) is 19.0. The number of sulfonamides is 1. The van der Waals surface area contributed by atoms with Crippen LogP contribution in [0.5, 0.6) is 0 Å². The fourth-order valence-corrected chi connectivity index (χ4v) is 3.89. The molecule has 1 aromatic rings. The summed E-state index contributed by atoms with van der Waals surface area (Å²) in [6.07, 6.45) is 6.19. The highest BCUT2D eigenvalue weighted by Crippen LogP contribution is 2.25. The monoisotopic (exact) mass is 350 g/mol. The highest BCUT2D eigenvalue weighted by molar-refractivity contribution is 7.89. The Labute approximate surface area is 136 Å². The molecule has 22 heavy (non-hydrogen) atoms. The molecule has 1 aliphatic carbocycles. The van der Waals surface area contributed by atoms with E-state index in [4.69, 9.17) is 11.5 Å². The van der Waals surface area contributed by atoms with Crippen LogP contribution >= 0.6 is 12.4 Å². The molecule has 0 unspecified atom stereocenters. The summed E-state index contributed by atoms with van der Waals surface area (Å²) in [4.78, 5) is 11.2. The molecule has 0 aromatic carbocycles. The number of nitrogens with zero attached hydrogens (tertiary/aromatic N) is 1. The Morgan fingerprint density at radius 3 is 2.45 bits per heavy atom. The topological polar surface area (TPSA) is 120 Å². The van der Waals surface area contributed by atoms with E-state index in [1.165, 1.54) is 16.8 Å². The van der Waals surface area contributed by atoms with E-state index in [-0.39, 0.29) is 29.5 Å². The molecule has 1 aromatic heterocycles. The molecule has 1 fully saturated rings. The van der Waals surface area contributed by atoms with E-state index >= 15 is 0 Å². The third-order valence-corrected chi connectivity index (χ3v) is 5.37. The van der Waals surface area contributed by atoms with Crippen LogP contribution in [0.2, 0.25) is 0 Å². The second kappa shape index (κ2) is 6.99. The van der Waals surface area contributed by atoms with E-state index in [0.29, 0.717) is 0 Å². The average Bonchev–Trinajstić information content (AvgIpc) is 2.81. The van der Waals surface area contributed by atoms with Gasteiger partial charge in [0.15, 0.2) is 0 Å². The van der Waals surface area contributed by atoms with Gasteiger partial charge in [-0.1, -0.05) is 19.3 Å². The van der Waals surface area contributed by atoms with Crippen LogP contribution in [0.1, 0.15) is 42.6 Å². The number of hydrogen-bond donors (Lipinski definition) is 3. The molecule has 1 saturated carbocycles. The number of aryl methyl sites for hydroxylation is 1. The Kier molecular flexibility index (Phi) is 6.03. The lowest BCUT2D eigenvalue weighted by Crippen LogP contribution is -2.51. The maximum atomic E-state index is 12.3. The van der Waals surface area contributed by atoms with Gasteiger partial charge in [-0.05, 0) is 18.9 Å². The Morgan fingerprint density at radius 2 is 1.95 bits per heavy atom. The largest absolute Gasteiger partial charge is 0.364 e. The summed E-state index contributed by atoms with van der Waals surface area (Å²) in [5.74, 6) is -0.665. The zero-order valence-corrected chi connectivity index (χ0v) is 14.2. The molecule has 9 heteroatoms. The van der Waals surface area contributed by atoms with Gasteiger partial charge in [0.05, 0.1) is 0 Å². The Bertz CT molecular complexity index is 636. The van der Waals surface area contributed by atoms with Crippen molar-refractivity contribution in [3.05, 3.63) is 18.0 Å². The second-order valence-electron chi connectivity index (χ2n) is 5.78. The minimum absolute atomic E-state index is 0. The van der Waals surface area contributed by atoms with E-state index in [0.717, 1.165) is 32.1 Å². The van der Waals surface area contributed by atoms with Gasteiger partial charge >= 0.3 is 0 Å². The lowest BCUT2D eigenvalue weighted by molar-refractivity contribution is 0.0992. The highest BCUT2D eigenvalue weighted by atomic mass is 35.5. The fourth-order valence-electron chi connectivity index (χ4n) is 2.68. The van der Waals surface area contributed by atoms with Gasteiger partial charge in [0.25, 0.3) is 5.91 Å². The van der Waals surface area contributed by atoms with Crippen molar-refractivity contribution >= 4 is 28.3 Å². The standard InChI is InChI=1S/C13H22N4O3S.ClH/c1-17-8-10(7-11(17)12(14)18)21(19,20)16-9-13(15)5-3-2-4-6-13;/h7-8,16H,2-6,9,15H2,1H3,(H2,14,18);1H. The summed E-state index contributed by atoms with van der Waals surface area (Å²) in [7, 11) is -2.12. The highest BCUT2D eigenvalue weighted by Gasteiger charge is 2.30. The third kappa shape index (κ3) is 4.22. The molecule has 0 aliphatic heterocycles. The number of carbonyl (C=O) groups is 1. The molecule has 0 atom stereocenters. The molecular formula is C13H23ClN4O3S. The number of nitrogens with one attached hydrogen (secondary N) is 1. The number of primary amides is 1. The number of aromatic nitrogens is 1. The summed E-state index contributed by atoms with van der Waals surface area (Å²) in [5.41, 5.74) is 11.1. The van der Waals surface area contributed by atoms with E-state index < -0.39 is 21.5 Å². The minimum atomic E-state index is -3.69. The van der Waals surface area contributed by atoms with Crippen LogP contribution in [0.15, 0.2) is 17.2 Å². The number of amides is 1. The molecule has 7 nitrogen and oxygen atoms in total. The Hall–Kier alpha value is -1.09. The molecule has 0 bridgehead atoms. The van der Waals surface area contributed by atoms with Crippen LogP contribution in [0.4, 0.5) is 0 Å². The quantitative estimate of drug-likeness (QED) is 0.715. The van der Waals surface area contributed by atoms with Crippen LogP contribution < -0.4 is 16.2 Å². The molecule has 0 radical (unpaired) electrons. The smallest absolute Gasteiger partial charge is 0.265 e. The van der Waals surface area contributed by atoms with Crippen LogP contribution in [-0.2, 0) is 17.1 Å². The minimum Gasteiger partial charge on any atom is -0.364 e. The maximum Gasteiger partial charge on any atom is 0.265 e. The van der Waals surface area contributed by atoms with Crippen molar-refractivity contribution in [3.8, 4) is 0 Å². The van der Waals surface area contributed by atoms with Crippen LogP contribution in [-0.4, -0.2) is 31.0 Å². The van der Waals surface area contributed by atoms with E-state index in [9.17, 15) is 13.2 Å². The average molecular weight is 351 g/mol. The van der Waals surface area contributed by atoms with E-state index in [2.05, 4.69) is 4.72 Å². The van der Waals surface area contributed by atoms with Crippen molar-refractivity contribution in [1.82, 2.24) is 9.29 Å². The Balaban J connectivity index is 0.00000242. The molecule has 2 rings (SSSR count). The first-order chi connectivity index (χ1) is 9.73. The van der Waals surface area contributed by atoms with Crippen LogP contribution in [0.3, 0.4) is 0 Å². The summed E-state index contributed by atoms with van der Waals surface area (Å²) in [5, 5.41) is 0. The number of rotatable bonds is 5. The van der Waals surface area contributed by atoms with Crippen LogP contribution in [0, 0.1) is 0 Å². The summed E-state index contributed by atoms with van der Waals surface area (Å²) in [6, 6.07) is 1.27. The van der Waals surface area contributed by atoms with Gasteiger partial charge in [0.1, 0.15) is 10.6 Å². The zero-order valence-electron chi connectivity index (χ0n) is 12.5. The van der Waals surface area contributed by atoms with Crippen molar-refractivity contribution in [3.63, 3.8) is 0 Å². The van der Waals surface area contributed by atoms with Crippen molar-refractivity contribution < 1.29 is 13.2 Å². The predicted molar refractivity (Wildman–Crippen MR) is 86.4 cm³/mol. The number of nitrogens with two attached hydrogens (primary N) is 2. The zero-order chi connectivity index (χ0) is 15.7. The number of carbonyl (C=O) groups excluding carboxylic acids is 1. The number of halogens is 1. The van der Waals surface area contributed by atoms with Gasteiger partial charge in [-0.15, -0.1) is 12.4 Å². The summed E-state index contributed by atoms with van der Waals surface area (Å²) in [6.45, 7) is 0.204. The molecule has 1 amide bonds. The molecule has 0 saturated heterocycles. The second-order valence-corrected chi connectivity index (χ2v) is 7.55. The summed E-state index contributed by atoms with van der Waals surface area (Å²) >= 11 is 0. The van der Waals surface area contributed by atoms with Gasteiger partial charge in [0, 0.05) is 25.3 Å². The summed E-state index contributed by atoms with van der Waals surface area (Å²) < 4.78 is 28.5. The molecule has 1 aliphatic rings. The lowest BCUT2D eigenvalue weighted by Gasteiger charge is -2.33. The Morgan fingerprint density at radius 1 is 1.36 bits per heavy atom. The van der Waals surface area contributed by atoms with Crippen molar-refractivity contribution in [2.45, 2.75) is 42.5 Å². The van der Waals surface area contributed by atoms with Gasteiger partial charge < -0.3 is 16.0 Å². The molecule has 1 heterocycles. The van der Waals surface area contributed by atoms with Crippen LogP contribution in [0.25, 0.3) is 0 Å².